The van der Waals surface area contributed by atoms with Crippen LogP contribution in [0.1, 0.15) is 57.8 Å². The molecule has 3 fully saturated rings. The van der Waals surface area contributed by atoms with Gasteiger partial charge in [-0.25, -0.2) is 0 Å². The second-order valence-electron chi connectivity index (χ2n) is 6.80. The maximum atomic E-state index is 3.50. The van der Waals surface area contributed by atoms with Crippen LogP contribution in [0.4, 0.5) is 0 Å². The molecule has 1 unspecified atom stereocenters. The highest BCUT2D eigenvalue weighted by atomic mass is 15.2. The van der Waals surface area contributed by atoms with E-state index in [4.69, 9.17) is 0 Å². The van der Waals surface area contributed by atoms with E-state index in [-0.39, 0.29) is 0 Å². The molecule has 0 aromatic carbocycles. The number of hydrogen-bond acceptors (Lipinski definition) is 2. The van der Waals surface area contributed by atoms with Gasteiger partial charge in [0.1, 0.15) is 0 Å². The lowest BCUT2D eigenvalue weighted by atomic mass is 9.82. The Morgan fingerprint density at radius 3 is 2.39 bits per heavy atom. The average molecular weight is 250 g/mol. The van der Waals surface area contributed by atoms with Crippen LogP contribution in [-0.2, 0) is 0 Å². The Morgan fingerprint density at radius 1 is 0.833 bits per heavy atom. The molecular formula is C16H30N2. The minimum atomic E-state index is 0.959. The van der Waals surface area contributed by atoms with Crippen molar-refractivity contribution in [1.82, 2.24) is 10.2 Å². The summed E-state index contributed by atoms with van der Waals surface area (Å²) in [5.74, 6) is 2.03. The Hall–Kier alpha value is -0.0800. The first kappa shape index (κ1) is 12.9. The van der Waals surface area contributed by atoms with Gasteiger partial charge in [-0.2, -0.15) is 0 Å². The summed E-state index contributed by atoms with van der Waals surface area (Å²) in [7, 11) is 0. The first-order chi connectivity index (χ1) is 8.93. The van der Waals surface area contributed by atoms with Crippen molar-refractivity contribution in [1.29, 1.82) is 0 Å². The normalized spacial score (nSPS) is 33.0. The summed E-state index contributed by atoms with van der Waals surface area (Å²) in [6, 6.07) is 0.959. The Labute approximate surface area is 113 Å². The van der Waals surface area contributed by atoms with Gasteiger partial charge in [0, 0.05) is 12.6 Å². The molecule has 0 spiro atoms. The van der Waals surface area contributed by atoms with Crippen LogP contribution in [-0.4, -0.2) is 37.1 Å². The highest BCUT2D eigenvalue weighted by Gasteiger charge is 2.33. The second-order valence-corrected chi connectivity index (χ2v) is 6.80. The molecule has 0 aromatic heterocycles. The smallest absolute Gasteiger partial charge is 0.0124 e. The topological polar surface area (TPSA) is 15.3 Å². The molecule has 0 bridgehead atoms. The zero-order chi connectivity index (χ0) is 12.2. The SMILES string of the molecule is C1CCC(C2CCCN2CC2CCNCC2)CC1. The summed E-state index contributed by atoms with van der Waals surface area (Å²) in [4.78, 5) is 2.88. The third-order valence-electron chi connectivity index (χ3n) is 5.56. The lowest BCUT2D eigenvalue weighted by molar-refractivity contribution is 0.129. The van der Waals surface area contributed by atoms with Crippen LogP contribution in [0.3, 0.4) is 0 Å². The van der Waals surface area contributed by atoms with E-state index in [9.17, 15) is 0 Å². The first-order valence-electron chi connectivity index (χ1n) is 8.38. The Bertz CT molecular complexity index is 241. The Morgan fingerprint density at radius 2 is 1.61 bits per heavy atom. The molecule has 2 aliphatic heterocycles. The van der Waals surface area contributed by atoms with Crippen molar-refractivity contribution in [2.24, 2.45) is 11.8 Å². The van der Waals surface area contributed by atoms with Crippen LogP contribution in [0.2, 0.25) is 0 Å². The van der Waals surface area contributed by atoms with Gasteiger partial charge in [0.05, 0.1) is 0 Å². The van der Waals surface area contributed by atoms with Crippen molar-refractivity contribution < 1.29 is 0 Å². The summed E-state index contributed by atoms with van der Waals surface area (Å²) in [5.41, 5.74) is 0. The monoisotopic (exact) mass is 250 g/mol. The molecule has 2 saturated heterocycles. The molecule has 0 amide bonds. The summed E-state index contributed by atoms with van der Waals surface area (Å²) >= 11 is 0. The van der Waals surface area contributed by atoms with Crippen molar-refractivity contribution in [3.63, 3.8) is 0 Å². The maximum absolute atomic E-state index is 3.50. The standard InChI is InChI=1S/C16H30N2/c1-2-5-15(6-3-1)16-7-4-12-18(16)13-14-8-10-17-11-9-14/h14-17H,1-13H2. The number of likely N-dealkylation sites (tertiary alicyclic amines) is 1. The lowest BCUT2D eigenvalue weighted by Crippen LogP contribution is -2.41. The van der Waals surface area contributed by atoms with Crippen LogP contribution in [0.5, 0.6) is 0 Å². The fourth-order valence-corrected chi connectivity index (χ4v) is 4.53. The number of piperidine rings is 1. The zero-order valence-electron chi connectivity index (χ0n) is 11.9. The molecule has 1 atom stereocenters. The van der Waals surface area contributed by atoms with E-state index >= 15 is 0 Å². The highest BCUT2D eigenvalue weighted by Crippen LogP contribution is 2.35. The van der Waals surface area contributed by atoms with E-state index < -0.39 is 0 Å². The molecule has 18 heavy (non-hydrogen) atoms. The molecule has 0 radical (unpaired) electrons. The van der Waals surface area contributed by atoms with Crippen LogP contribution >= 0.6 is 0 Å². The van der Waals surface area contributed by atoms with Gasteiger partial charge in [0.25, 0.3) is 0 Å². The predicted molar refractivity (Wildman–Crippen MR) is 76.8 cm³/mol. The van der Waals surface area contributed by atoms with Gasteiger partial charge in [-0.15, -0.1) is 0 Å². The van der Waals surface area contributed by atoms with Crippen molar-refractivity contribution >= 4 is 0 Å². The Balaban J connectivity index is 1.53. The first-order valence-corrected chi connectivity index (χ1v) is 8.38. The molecule has 1 aliphatic carbocycles. The van der Waals surface area contributed by atoms with Crippen molar-refractivity contribution in [3.8, 4) is 0 Å². The molecular weight excluding hydrogens is 220 g/mol. The number of rotatable bonds is 3. The summed E-state index contributed by atoms with van der Waals surface area (Å²) < 4.78 is 0. The van der Waals surface area contributed by atoms with E-state index in [2.05, 4.69) is 10.2 Å². The number of nitrogens with zero attached hydrogens (tertiary/aromatic N) is 1. The van der Waals surface area contributed by atoms with E-state index in [1.807, 2.05) is 0 Å². The average Bonchev–Trinajstić information content (AvgIpc) is 2.89. The fourth-order valence-electron chi connectivity index (χ4n) is 4.53. The van der Waals surface area contributed by atoms with Gasteiger partial charge in [0.15, 0.2) is 0 Å². The van der Waals surface area contributed by atoms with Crippen LogP contribution in [0, 0.1) is 11.8 Å². The fraction of sp³-hybridized carbons (Fsp3) is 1.00. The third-order valence-corrected chi connectivity index (χ3v) is 5.56. The highest BCUT2D eigenvalue weighted by molar-refractivity contribution is 4.88. The zero-order valence-corrected chi connectivity index (χ0v) is 11.9. The largest absolute Gasteiger partial charge is 0.317 e. The molecule has 3 rings (SSSR count). The third kappa shape index (κ3) is 3.08. The maximum Gasteiger partial charge on any atom is 0.0124 e. The number of nitrogens with one attached hydrogen (secondary N) is 1. The number of hydrogen-bond donors (Lipinski definition) is 1. The molecule has 1 N–H and O–H groups in total. The van der Waals surface area contributed by atoms with Gasteiger partial charge in [-0.3, -0.25) is 4.90 Å². The summed E-state index contributed by atoms with van der Waals surface area (Å²) in [6.45, 7) is 5.31. The predicted octanol–water partition coefficient (Wildman–Crippen LogP) is 3.03. The van der Waals surface area contributed by atoms with Gasteiger partial charge in [-0.1, -0.05) is 19.3 Å². The molecule has 3 aliphatic rings. The Kier molecular flexibility index (Phi) is 4.58. The molecule has 1 saturated carbocycles. The van der Waals surface area contributed by atoms with Crippen LogP contribution < -0.4 is 5.32 Å². The van der Waals surface area contributed by atoms with Gasteiger partial charge >= 0.3 is 0 Å². The van der Waals surface area contributed by atoms with Crippen molar-refractivity contribution in [2.75, 3.05) is 26.2 Å². The van der Waals surface area contributed by atoms with Crippen molar-refractivity contribution in [3.05, 3.63) is 0 Å². The van der Waals surface area contributed by atoms with E-state index in [1.165, 1.54) is 84.0 Å². The molecule has 2 heterocycles. The lowest BCUT2D eigenvalue weighted by Gasteiger charge is -2.36. The van der Waals surface area contributed by atoms with E-state index in [0.717, 1.165) is 17.9 Å². The van der Waals surface area contributed by atoms with E-state index in [0.29, 0.717) is 0 Å². The molecule has 104 valence electrons. The van der Waals surface area contributed by atoms with Gasteiger partial charge in [0.2, 0.25) is 0 Å². The van der Waals surface area contributed by atoms with Gasteiger partial charge in [-0.05, 0) is 70.0 Å². The molecule has 2 heteroatoms. The van der Waals surface area contributed by atoms with Crippen LogP contribution in [0.15, 0.2) is 0 Å². The molecule has 0 aromatic rings. The van der Waals surface area contributed by atoms with E-state index in [1.54, 1.807) is 0 Å². The minimum Gasteiger partial charge on any atom is -0.317 e. The van der Waals surface area contributed by atoms with Gasteiger partial charge < -0.3 is 5.32 Å². The molecule has 2 nitrogen and oxygen atoms in total. The quantitative estimate of drug-likeness (QED) is 0.828. The second kappa shape index (κ2) is 6.38. The summed E-state index contributed by atoms with van der Waals surface area (Å²) in [6.07, 6.45) is 13.3. The minimum absolute atomic E-state index is 0.959. The van der Waals surface area contributed by atoms with Crippen molar-refractivity contribution in [2.45, 2.75) is 63.8 Å². The summed E-state index contributed by atoms with van der Waals surface area (Å²) in [5, 5.41) is 3.50. The van der Waals surface area contributed by atoms with Crippen LogP contribution in [0.25, 0.3) is 0 Å².